The van der Waals surface area contributed by atoms with Gasteiger partial charge in [0, 0.05) is 0 Å². The Kier molecular flexibility index (Phi) is 14.9. The Labute approximate surface area is 223 Å². The maximum atomic E-state index is 11.3. The second kappa shape index (κ2) is 17.7. The predicted molar refractivity (Wildman–Crippen MR) is 142 cm³/mol. The van der Waals surface area contributed by atoms with Crippen molar-refractivity contribution in [1.29, 1.82) is 0 Å². The molecule has 0 saturated carbocycles. The third-order valence-electron chi connectivity index (χ3n) is 5.73. The van der Waals surface area contributed by atoms with E-state index in [1.807, 2.05) is 6.07 Å². The zero-order chi connectivity index (χ0) is 25.2. The van der Waals surface area contributed by atoms with E-state index in [2.05, 4.69) is 67.6 Å². The molecule has 0 radical (unpaired) electrons. The minimum absolute atomic E-state index is 0.0287. The molecule has 3 nitrogen and oxygen atoms in total. The molecule has 5 heteroatoms. The molecule has 3 aromatic rings. The van der Waals surface area contributed by atoms with Gasteiger partial charge in [-0.15, -0.1) is 0 Å². The number of halogens is 1. The average Bonchev–Trinajstić information content (AvgIpc) is 2.86. The third kappa shape index (κ3) is 13.3. The first-order valence-electron chi connectivity index (χ1n) is 12.8. The Hall–Kier alpha value is -1.70. The Bertz CT molecular complexity index is 1000. The second-order valence-electron chi connectivity index (χ2n) is 8.70. The van der Waals surface area contributed by atoms with Gasteiger partial charge in [0.05, 0.1) is 4.90 Å². The molecule has 0 unspecified atom stereocenters. The number of hydrogen-bond acceptors (Lipinski definition) is 2. The monoisotopic (exact) mass is 607 g/mol. The Morgan fingerprint density at radius 2 is 1.03 bits per heavy atom. The van der Waals surface area contributed by atoms with Crippen LogP contribution >= 0.6 is 0 Å². The SMILES string of the molecule is CCCCCCCCCCCCc1ccccc1S(=O)(=O)O.c1ccc([I-]c2ccccc2)cc1. The zero-order valence-corrected chi connectivity index (χ0v) is 23.9. The molecule has 0 atom stereocenters. The average molecular weight is 608 g/mol. The summed E-state index contributed by atoms with van der Waals surface area (Å²) in [6.07, 6.45) is 13.3. The summed E-state index contributed by atoms with van der Waals surface area (Å²) in [6.45, 7) is 2.24. The van der Waals surface area contributed by atoms with Crippen LogP contribution in [0.25, 0.3) is 0 Å². The molecule has 0 aliphatic rings. The quantitative estimate of drug-likeness (QED) is 0.156. The second-order valence-corrected chi connectivity index (χ2v) is 13.1. The molecule has 0 heterocycles. The van der Waals surface area contributed by atoms with Crippen LogP contribution in [0.2, 0.25) is 0 Å². The number of unbranched alkanes of at least 4 members (excludes halogenated alkanes) is 9. The van der Waals surface area contributed by atoms with Crippen molar-refractivity contribution in [3.63, 3.8) is 0 Å². The molecule has 35 heavy (non-hydrogen) atoms. The fraction of sp³-hybridized carbons (Fsp3) is 0.400. The molecule has 1 N–H and O–H groups in total. The Balaban J connectivity index is 0.000000279. The molecular weight excluding hydrogens is 567 g/mol. The van der Waals surface area contributed by atoms with E-state index in [-0.39, 0.29) is 26.1 Å². The van der Waals surface area contributed by atoms with Crippen LogP contribution in [0, 0.1) is 7.14 Å². The molecule has 0 amide bonds. The summed E-state index contributed by atoms with van der Waals surface area (Å²) in [6, 6.07) is 28.1. The van der Waals surface area contributed by atoms with E-state index in [0.29, 0.717) is 6.42 Å². The fourth-order valence-electron chi connectivity index (χ4n) is 3.85. The van der Waals surface area contributed by atoms with Crippen LogP contribution in [0.15, 0.2) is 89.8 Å². The van der Waals surface area contributed by atoms with Crippen LogP contribution in [0.1, 0.15) is 76.7 Å². The van der Waals surface area contributed by atoms with Gasteiger partial charge < -0.3 is 0 Å². The van der Waals surface area contributed by atoms with Gasteiger partial charge in [-0.05, 0) is 24.5 Å². The van der Waals surface area contributed by atoms with Gasteiger partial charge in [-0.1, -0.05) is 82.9 Å². The third-order valence-corrected chi connectivity index (χ3v) is 9.37. The first kappa shape index (κ1) is 29.5. The molecular formula is C30H40IO3S-. The van der Waals surface area contributed by atoms with Crippen LogP contribution < -0.4 is 21.2 Å². The zero-order valence-electron chi connectivity index (χ0n) is 20.9. The normalized spacial score (nSPS) is 11.1. The minimum atomic E-state index is -4.10. The molecule has 0 fully saturated rings. The molecule has 3 rings (SSSR count). The summed E-state index contributed by atoms with van der Waals surface area (Å²) in [5.74, 6) is 0. The first-order valence-corrected chi connectivity index (χ1v) is 16.4. The summed E-state index contributed by atoms with van der Waals surface area (Å²) in [4.78, 5) is 0.0610. The van der Waals surface area contributed by atoms with E-state index in [1.54, 1.807) is 12.1 Å². The van der Waals surface area contributed by atoms with Gasteiger partial charge in [0.25, 0.3) is 10.1 Å². The number of aryl methyl sites for hydroxylation is 1. The van der Waals surface area contributed by atoms with Crippen molar-refractivity contribution in [2.24, 2.45) is 0 Å². The van der Waals surface area contributed by atoms with Crippen molar-refractivity contribution in [2.75, 3.05) is 0 Å². The van der Waals surface area contributed by atoms with Gasteiger partial charge in [-0.2, -0.15) is 8.42 Å². The van der Waals surface area contributed by atoms with Gasteiger partial charge in [-0.25, -0.2) is 0 Å². The van der Waals surface area contributed by atoms with Gasteiger partial charge >= 0.3 is 89.0 Å². The van der Waals surface area contributed by atoms with E-state index < -0.39 is 10.1 Å². The molecule has 0 aliphatic heterocycles. The number of hydrogen-bond donors (Lipinski definition) is 1. The van der Waals surface area contributed by atoms with Gasteiger partial charge in [0.2, 0.25) is 0 Å². The standard InChI is InChI=1S/C18H30O3S.C12H10I/c1-2-3-4-5-6-7-8-9-10-11-14-17-15-12-13-16-18(17)22(19,20)21;1-3-7-11(8-4-1)13-12-9-5-2-6-10-12/h12-13,15-16H,2-11,14H2,1H3,(H,19,20,21);1-10H/q;-1. The summed E-state index contributed by atoms with van der Waals surface area (Å²) in [5.41, 5.74) is 0.726. The van der Waals surface area contributed by atoms with Crippen LogP contribution in [0.3, 0.4) is 0 Å². The fourth-order valence-corrected chi connectivity index (χ4v) is 6.87. The van der Waals surface area contributed by atoms with E-state index in [9.17, 15) is 13.0 Å². The molecule has 0 bridgehead atoms. The predicted octanol–water partition coefficient (Wildman–Crippen LogP) is 5.21. The van der Waals surface area contributed by atoms with Gasteiger partial charge in [-0.3, -0.25) is 4.55 Å². The maximum absolute atomic E-state index is 11.3. The molecule has 0 spiro atoms. The van der Waals surface area contributed by atoms with Crippen LogP contribution in [-0.4, -0.2) is 13.0 Å². The molecule has 192 valence electrons. The number of rotatable bonds is 14. The van der Waals surface area contributed by atoms with Crippen molar-refractivity contribution in [3.8, 4) is 0 Å². The van der Waals surface area contributed by atoms with Crippen molar-refractivity contribution >= 4 is 10.1 Å². The summed E-state index contributed by atoms with van der Waals surface area (Å²) in [5, 5.41) is 0. The first-order chi connectivity index (χ1) is 17.0. The van der Waals surface area contributed by atoms with Gasteiger partial charge in [0.15, 0.2) is 0 Å². The molecule has 0 aliphatic carbocycles. The van der Waals surface area contributed by atoms with Crippen LogP contribution in [0.4, 0.5) is 0 Å². The topological polar surface area (TPSA) is 54.4 Å². The summed E-state index contributed by atoms with van der Waals surface area (Å²) in [7, 11) is -4.10. The van der Waals surface area contributed by atoms with Crippen molar-refractivity contribution < 1.29 is 34.2 Å². The molecule has 0 aromatic heterocycles. The van der Waals surface area contributed by atoms with Crippen molar-refractivity contribution in [1.82, 2.24) is 0 Å². The summed E-state index contributed by atoms with van der Waals surface area (Å²) < 4.78 is 34.7. The Morgan fingerprint density at radius 1 is 0.600 bits per heavy atom. The van der Waals surface area contributed by atoms with E-state index in [1.165, 1.54) is 64.6 Å². The number of benzene rings is 3. The van der Waals surface area contributed by atoms with E-state index in [0.717, 1.165) is 18.4 Å². The molecule has 3 aromatic carbocycles. The van der Waals surface area contributed by atoms with E-state index in [4.69, 9.17) is 0 Å². The summed E-state index contributed by atoms with van der Waals surface area (Å²) >= 11 is 0.0287. The van der Waals surface area contributed by atoms with Crippen LogP contribution in [-0.2, 0) is 16.5 Å². The van der Waals surface area contributed by atoms with Crippen LogP contribution in [0.5, 0.6) is 0 Å². The van der Waals surface area contributed by atoms with Crippen molar-refractivity contribution in [3.05, 3.63) is 97.6 Å². The Morgan fingerprint density at radius 3 is 1.51 bits per heavy atom. The molecule has 0 saturated heterocycles. The van der Waals surface area contributed by atoms with Crippen molar-refractivity contribution in [2.45, 2.75) is 82.4 Å². The van der Waals surface area contributed by atoms with Gasteiger partial charge in [0.1, 0.15) is 0 Å². The van der Waals surface area contributed by atoms with E-state index >= 15 is 0 Å².